The number of methoxy groups -OCH3 is 1. The summed E-state index contributed by atoms with van der Waals surface area (Å²) in [5.41, 5.74) is 1.98. The molecule has 1 unspecified atom stereocenters. The number of amides is 1. The van der Waals surface area contributed by atoms with E-state index in [1.807, 2.05) is 38.2 Å². The van der Waals surface area contributed by atoms with Crippen LogP contribution >= 0.6 is 0 Å². The molecule has 1 amide bonds. The van der Waals surface area contributed by atoms with Crippen LogP contribution in [0.1, 0.15) is 24.6 Å². The maximum atomic E-state index is 12.7. The van der Waals surface area contributed by atoms with Crippen LogP contribution in [0, 0.1) is 6.92 Å². The minimum Gasteiger partial charge on any atom is -0.496 e. The number of nitrogens with zero attached hydrogens (tertiary/aromatic N) is 3. The van der Waals surface area contributed by atoms with Crippen molar-refractivity contribution in [1.82, 2.24) is 9.78 Å². The minimum atomic E-state index is -1.07. The lowest BCUT2D eigenvalue weighted by Gasteiger charge is -2.20. The van der Waals surface area contributed by atoms with Crippen LogP contribution in [-0.4, -0.2) is 34.1 Å². The summed E-state index contributed by atoms with van der Waals surface area (Å²) < 4.78 is 7.05. The van der Waals surface area contributed by atoms with Gasteiger partial charge in [-0.15, -0.1) is 0 Å². The molecule has 24 heavy (non-hydrogen) atoms. The summed E-state index contributed by atoms with van der Waals surface area (Å²) in [6.45, 7) is 3.61. The molecule has 1 N–H and O–H groups in total. The van der Waals surface area contributed by atoms with Crippen molar-refractivity contribution >= 4 is 17.3 Å². The van der Waals surface area contributed by atoms with E-state index in [0.29, 0.717) is 23.6 Å². The normalized spacial score (nSPS) is 19.6. The topological polar surface area (TPSA) is 77.7 Å². The number of nitrogens with one attached hydrogen (secondary N) is 1. The van der Waals surface area contributed by atoms with Crippen molar-refractivity contribution in [3.05, 3.63) is 41.7 Å². The summed E-state index contributed by atoms with van der Waals surface area (Å²) in [4.78, 5) is 18.1. The van der Waals surface area contributed by atoms with E-state index in [4.69, 9.17) is 9.57 Å². The highest BCUT2D eigenvalue weighted by Crippen LogP contribution is 2.31. The van der Waals surface area contributed by atoms with Gasteiger partial charge in [-0.2, -0.15) is 5.10 Å². The van der Waals surface area contributed by atoms with Crippen molar-refractivity contribution in [1.29, 1.82) is 0 Å². The van der Waals surface area contributed by atoms with E-state index < -0.39 is 5.60 Å². The molecule has 1 aliphatic rings. The summed E-state index contributed by atoms with van der Waals surface area (Å²) in [7, 11) is 3.42. The Hall–Kier alpha value is -2.83. The molecule has 3 rings (SSSR count). The van der Waals surface area contributed by atoms with Gasteiger partial charge in [0.25, 0.3) is 5.91 Å². The van der Waals surface area contributed by atoms with Crippen LogP contribution in [0.5, 0.6) is 5.75 Å². The van der Waals surface area contributed by atoms with Gasteiger partial charge in [-0.1, -0.05) is 17.3 Å². The predicted octanol–water partition coefficient (Wildman–Crippen LogP) is 2.26. The zero-order valence-corrected chi connectivity index (χ0v) is 14.2. The molecular formula is C17H20N4O3. The number of aromatic nitrogens is 2. The monoisotopic (exact) mass is 328 g/mol. The third kappa shape index (κ3) is 2.73. The van der Waals surface area contributed by atoms with Crippen LogP contribution in [0.4, 0.5) is 5.69 Å². The molecule has 2 aromatic rings. The lowest BCUT2D eigenvalue weighted by Crippen LogP contribution is -2.40. The van der Waals surface area contributed by atoms with Crippen LogP contribution in [0.25, 0.3) is 0 Å². The van der Waals surface area contributed by atoms with Gasteiger partial charge in [0.15, 0.2) is 0 Å². The van der Waals surface area contributed by atoms with Gasteiger partial charge in [-0.3, -0.25) is 9.48 Å². The second-order valence-electron chi connectivity index (χ2n) is 5.96. The van der Waals surface area contributed by atoms with Crippen LogP contribution < -0.4 is 10.1 Å². The lowest BCUT2D eigenvalue weighted by atomic mass is 9.94. The number of carbonyl (C=O) groups is 1. The second-order valence-corrected chi connectivity index (χ2v) is 5.96. The van der Waals surface area contributed by atoms with Crippen molar-refractivity contribution in [3.8, 4) is 5.75 Å². The Morgan fingerprint density at radius 3 is 2.83 bits per heavy atom. The molecule has 126 valence electrons. The Balaban J connectivity index is 1.77. The Morgan fingerprint density at radius 1 is 1.42 bits per heavy atom. The van der Waals surface area contributed by atoms with E-state index in [1.165, 1.54) is 0 Å². The van der Waals surface area contributed by atoms with E-state index in [9.17, 15) is 4.79 Å². The van der Waals surface area contributed by atoms with E-state index in [2.05, 4.69) is 15.6 Å². The molecule has 0 saturated heterocycles. The van der Waals surface area contributed by atoms with Gasteiger partial charge in [0.2, 0.25) is 5.60 Å². The van der Waals surface area contributed by atoms with Crippen molar-refractivity contribution in [2.24, 2.45) is 12.2 Å². The summed E-state index contributed by atoms with van der Waals surface area (Å²) in [5.74, 6) is 0.444. The maximum Gasteiger partial charge on any atom is 0.271 e. The van der Waals surface area contributed by atoms with Crippen LogP contribution in [0.2, 0.25) is 0 Å². The van der Waals surface area contributed by atoms with Crippen LogP contribution in [0.3, 0.4) is 0 Å². The number of benzene rings is 1. The number of para-hydroxylation sites is 1. The zero-order chi connectivity index (χ0) is 17.3. The molecule has 0 aliphatic carbocycles. The number of anilines is 1. The molecule has 1 aliphatic heterocycles. The molecule has 0 spiro atoms. The van der Waals surface area contributed by atoms with Crippen molar-refractivity contribution < 1.29 is 14.4 Å². The molecule has 7 heteroatoms. The molecule has 1 aromatic heterocycles. The third-order valence-corrected chi connectivity index (χ3v) is 4.24. The first-order valence-electron chi connectivity index (χ1n) is 7.63. The van der Waals surface area contributed by atoms with Crippen LogP contribution in [-0.2, 0) is 16.7 Å². The Kier molecular flexibility index (Phi) is 4.01. The van der Waals surface area contributed by atoms with Gasteiger partial charge in [-0.25, -0.2) is 0 Å². The summed E-state index contributed by atoms with van der Waals surface area (Å²) >= 11 is 0. The van der Waals surface area contributed by atoms with Crippen molar-refractivity contribution in [3.63, 3.8) is 0 Å². The van der Waals surface area contributed by atoms with Gasteiger partial charge in [0.1, 0.15) is 5.75 Å². The fourth-order valence-electron chi connectivity index (χ4n) is 2.57. The average molecular weight is 328 g/mol. The molecule has 0 saturated carbocycles. The number of hydrogen-bond donors (Lipinski definition) is 1. The highest BCUT2D eigenvalue weighted by Gasteiger charge is 2.43. The average Bonchev–Trinajstić information content (AvgIpc) is 3.13. The SMILES string of the molecule is COc1ccccc1C1=NOC(C)(C(=O)Nc2cnn(C)c2C)C1. The molecule has 1 aromatic carbocycles. The summed E-state index contributed by atoms with van der Waals surface area (Å²) in [6.07, 6.45) is 1.98. The molecule has 0 bridgehead atoms. The first kappa shape index (κ1) is 16.0. The number of ether oxygens (including phenoxy) is 1. The molecule has 7 nitrogen and oxygen atoms in total. The van der Waals surface area contributed by atoms with Gasteiger partial charge >= 0.3 is 0 Å². The van der Waals surface area contributed by atoms with E-state index in [-0.39, 0.29) is 5.91 Å². The van der Waals surface area contributed by atoms with Gasteiger partial charge in [0, 0.05) is 19.0 Å². The quantitative estimate of drug-likeness (QED) is 0.934. The molecular weight excluding hydrogens is 308 g/mol. The number of carbonyl (C=O) groups excluding carboxylic acids is 1. The smallest absolute Gasteiger partial charge is 0.271 e. The molecule has 0 fully saturated rings. The Bertz CT molecular complexity index is 812. The third-order valence-electron chi connectivity index (χ3n) is 4.24. The van der Waals surface area contributed by atoms with Crippen molar-refractivity contribution in [2.45, 2.75) is 25.9 Å². The molecule has 2 heterocycles. The van der Waals surface area contributed by atoms with Crippen molar-refractivity contribution in [2.75, 3.05) is 12.4 Å². The van der Waals surface area contributed by atoms with Gasteiger partial charge < -0.3 is 14.9 Å². The Morgan fingerprint density at radius 2 is 2.17 bits per heavy atom. The largest absolute Gasteiger partial charge is 0.496 e. The van der Waals surface area contributed by atoms with E-state index >= 15 is 0 Å². The molecule has 0 radical (unpaired) electrons. The highest BCUT2D eigenvalue weighted by molar-refractivity contribution is 6.09. The molecule has 1 atom stereocenters. The van der Waals surface area contributed by atoms with E-state index in [0.717, 1.165) is 11.3 Å². The predicted molar refractivity (Wildman–Crippen MR) is 90.2 cm³/mol. The second kappa shape index (κ2) is 5.99. The number of oxime groups is 1. The first-order chi connectivity index (χ1) is 11.4. The number of hydrogen-bond acceptors (Lipinski definition) is 5. The van der Waals surface area contributed by atoms with Gasteiger partial charge in [0.05, 0.1) is 30.4 Å². The Labute approximate surface area is 140 Å². The zero-order valence-electron chi connectivity index (χ0n) is 14.2. The summed E-state index contributed by atoms with van der Waals surface area (Å²) in [5, 5.41) is 11.1. The van der Waals surface area contributed by atoms with E-state index in [1.54, 1.807) is 24.9 Å². The van der Waals surface area contributed by atoms with Gasteiger partial charge in [-0.05, 0) is 26.0 Å². The first-order valence-corrected chi connectivity index (χ1v) is 7.63. The standard InChI is InChI=1S/C17H20N4O3/c1-11-14(10-18-21(11)3)19-16(22)17(2)9-13(20-24-17)12-7-5-6-8-15(12)23-4/h5-8,10H,9H2,1-4H3,(H,19,22). The van der Waals surface area contributed by atoms with Crippen LogP contribution in [0.15, 0.2) is 35.6 Å². The number of rotatable bonds is 4. The fraction of sp³-hybridized carbons (Fsp3) is 0.353. The number of aryl methyl sites for hydroxylation is 1. The fourth-order valence-corrected chi connectivity index (χ4v) is 2.57. The maximum absolute atomic E-state index is 12.7. The minimum absolute atomic E-state index is 0.257. The summed E-state index contributed by atoms with van der Waals surface area (Å²) in [6, 6.07) is 7.54. The lowest BCUT2D eigenvalue weighted by molar-refractivity contribution is -0.135. The highest BCUT2D eigenvalue weighted by atomic mass is 16.7.